The highest BCUT2D eigenvalue weighted by atomic mass is 16.5. The van der Waals surface area contributed by atoms with Crippen molar-refractivity contribution >= 4 is 0 Å². The van der Waals surface area contributed by atoms with Crippen LogP contribution in [0.3, 0.4) is 0 Å². The third-order valence-corrected chi connectivity index (χ3v) is 3.74. The lowest BCUT2D eigenvalue weighted by molar-refractivity contribution is -0.0169. The van der Waals surface area contributed by atoms with Crippen LogP contribution >= 0.6 is 0 Å². The fourth-order valence-corrected chi connectivity index (χ4v) is 2.65. The van der Waals surface area contributed by atoms with E-state index in [2.05, 4.69) is 19.2 Å². The topological polar surface area (TPSA) is 30.5 Å². The van der Waals surface area contributed by atoms with Gasteiger partial charge in [0.2, 0.25) is 0 Å². The Balaban J connectivity index is 2.26. The molecule has 0 aromatic rings. The Morgan fingerprint density at radius 1 is 1.17 bits per heavy atom. The van der Waals surface area contributed by atoms with Crippen LogP contribution in [-0.4, -0.2) is 38.5 Å². The molecule has 2 atom stereocenters. The van der Waals surface area contributed by atoms with Crippen molar-refractivity contribution in [1.29, 1.82) is 0 Å². The Kier molecular flexibility index (Phi) is 8.64. The van der Waals surface area contributed by atoms with Crippen molar-refractivity contribution < 1.29 is 9.47 Å². The zero-order chi connectivity index (χ0) is 13.2. The van der Waals surface area contributed by atoms with E-state index in [-0.39, 0.29) is 6.10 Å². The summed E-state index contributed by atoms with van der Waals surface area (Å²) in [5, 5.41) is 3.66. The van der Waals surface area contributed by atoms with E-state index < -0.39 is 0 Å². The van der Waals surface area contributed by atoms with Crippen LogP contribution in [0.25, 0.3) is 0 Å². The van der Waals surface area contributed by atoms with Gasteiger partial charge in [-0.1, -0.05) is 19.8 Å². The number of ether oxygens (including phenoxy) is 2. The molecule has 0 aromatic heterocycles. The van der Waals surface area contributed by atoms with Gasteiger partial charge >= 0.3 is 0 Å². The second-order valence-corrected chi connectivity index (χ2v) is 5.41. The van der Waals surface area contributed by atoms with E-state index in [0.717, 1.165) is 25.7 Å². The van der Waals surface area contributed by atoms with Crippen LogP contribution in [0, 0.1) is 5.92 Å². The summed E-state index contributed by atoms with van der Waals surface area (Å²) in [5.41, 5.74) is 0. The molecule has 1 rings (SSSR count). The first kappa shape index (κ1) is 15.9. The quantitative estimate of drug-likeness (QED) is 0.652. The summed E-state index contributed by atoms with van der Waals surface area (Å²) in [6, 6.07) is 0.538. The van der Waals surface area contributed by atoms with Crippen molar-refractivity contribution in [3.8, 4) is 0 Å². The van der Waals surface area contributed by atoms with Gasteiger partial charge in [-0.15, -0.1) is 0 Å². The highest BCUT2D eigenvalue weighted by Crippen LogP contribution is 2.28. The molecular weight excluding hydrogens is 226 g/mol. The lowest BCUT2D eigenvalue weighted by Gasteiger charge is -2.26. The van der Waals surface area contributed by atoms with E-state index in [4.69, 9.17) is 9.47 Å². The lowest BCUT2D eigenvalue weighted by Crippen LogP contribution is -2.40. The molecule has 1 N–H and O–H groups in total. The second kappa shape index (κ2) is 9.76. The second-order valence-electron chi connectivity index (χ2n) is 5.41. The normalized spacial score (nSPS) is 20.2. The molecule has 0 radical (unpaired) electrons. The number of hydrogen-bond acceptors (Lipinski definition) is 3. The lowest BCUT2D eigenvalue weighted by atomic mass is 9.98. The van der Waals surface area contributed by atoms with Gasteiger partial charge in [-0.25, -0.2) is 0 Å². The first-order valence-electron chi connectivity index (χ1n) is 7.70. The third kappa shape index (κ3) is 6.17. The molecule has 0 bridgehead atoms. The molecule has 0 spiro atoms. The van der Waals surface area contributed by atoms with Gasteiger partial charge < -0.3 is 14.8 Å². The molecule has 0 aliphatic heterocycles. The van der Waals surface area contributed by atoms with Crippen LogP contribution in [0.5, 0.6) is 0 Å². The zero-order valence-electron chi connectivity index (χ0n) is 12.4. The summed E-state index contributed by atoms with van der Waals surface area (Å²) in [7, 11) is 0. The molecule has 1 saturated carbocycles. The number of nitrogens with one attached hydrogen (secondary N) is 1. The Labute approximate surface area is 113 Å². The Morgan fingerprint density at radius 2 is 1.89 bits per heavy atom. The van der Waals surface area contributed by atoms with E-state index >= 15 is 0 Å². The summed E-state index contributed by atoms with van der Waals surface area (Å²) in [4.78, 5) is 0. The molecule has 0 aromatic carbocycles. The molecule has 3 nitrogen and oxygen atoms in total. The maximum absolute atomic E-state index is 5.93. The number of rotatable bonds is 10. The van der Waals surface area contributed by atoms with Crippen molar-refractivity contribution in [2.45, 2.75) is 65.0 Å². The molecule has 1 aliphatic rings. The highest BCUT2D eigenvalue weighted by Gasteiger charge is 2.25. The summed E-state index contributed by atoms with van der Waals surface area (Å²) in [6.45, 7) is 9.76. The summed E-state index contributed by atoms with van der Waals surface area (Å²) >= 11 is 0. The van der Waals surface area contributed by atoms with Gasteiger partial charge in [-0.3, -0.25) is 0 Å². The largest absolute Gasteiger partial charge is 0.379 e. The Hall–Kier alpha value is -0.120. The summed E-state index contributed by atoms with van der Waals surface area (Å²) in [6.07, 6.45) is 6.91. The maximum Gasteiger partial charge on any atom is 0.0781 e. The monoisotopic (exact) mass is 257 g/mol. The molecule has 2 unspecified atom stereocenters. The Morgan fingerprint density at radius 3 is 2.50 bits per heavy atom. The standard InChI is InChI=1S/C15H31NO2/c1-4-10-16-15(14-8-6-7-9-14)12-18-13(3)11-17-5-2/h13-16H,4-12H2,1-3H3. The predicted molar refractivity (Wildman–Crippen MR) is 75.9 cm³/mol. The molecule has 0 amide bonds. The van der Waals surface area contributed by atoms with E-state index in [1.807, 2.05) is 6.92 Å². The number of hydrogen-bond donors (Lipinski definition) is 1. The average Bonchev–Trinajstić information content (AvgIpc) is 2.90. The fourth-order valence-electron chi connectivity index (χ4n) is 2.65. The molecular formula is C15H31NO2. The Bertz CT molecular complexity index is 193. The highest BCUT2D eigenvalue weighted by molar-refractivity contribution is 4.80. The molecule has 1 aliphatic carbocycles. The third-order valence-electron chi connectivity index (χ3n) is 3.74. The minimum Gasteiger partial charge on any atom is -0.379 e. The smallest absolute Gasteiger partial charge is 0.0781 e. The van der Waals surface area contributed by atoms with E-state index in [0.29, 0.717) is 12.6 Å². The molecule has 108 valence electrons. The van der Waals surface area contributed by atoms with Gasteiger partial charge in [-0.2, -0.15) is 0 Å². The minimum absolute atomic E-state index is 0.206. The van der Waals surface area contributed by atoms with E-state index in [1.54, 1.807) is 0 Å². The van der Waals surface area contributed by atoms with Gasteiger partial charge in [-0.05, 0) is 45.6 Å². The van der Waals surface area contributed by atoms with Gasteiger partial charge in [0.25, 0.3) is 0 Å². The van der Waals surface area contributed by atoms with Gasteiger partial charge in [0.1, 0.15) is 0 Å². The van der Waals surface area contributed by atoms with Crippen molar-refractivity contribution in [3.63, 3.8) is 0 Å². The van der Waals surface area contributed by atoms with E-state index in [1.165, 1.54) is 32.1 Å². The molecule has 0 saturated heterocycles. The zero-order valence-corrected chi connectivity index (χ0v) is 12.4. The summed E-state index contributed by atoms with van der Waals surface area (Å²) < 4.78 is 11.3. The van der Waals surface area contributed by atoms with Crippen LogP contribution in [-0.2, 0) is 9.47 Å². The molecule has 18 heavy (non-hydrogen) atoms. The maximum atomic E-state index is 5.93. The molecule has 0 heterocycles. The van der Waals surface area contributed by atoms with Crippen molar-refractivity contribution in [2.75, 3.05) is 26.4 Å². The first-order chi connectivity index (χ1) is 8.77. The van der Waals surface area contributed by atoms with Crippen LogP contribution in [0.4, 0.5) is 0 Å². The summed E-state index contributed by atoms with van der Waals surface area (Å²) in [5.74, 6) is 0.816. The van der Waals surface area contributed by atoms with Crippen LogP contribution in [0.15, 0.2) is 0 Å². The molecule has 1 fully saturated rings. The van der Waals surface area contributed by atoms with Crippen LogP contribution in [0.2, 0.25) is 0 Å². The van der Waals surface area contributed by atoms with Crippen LogP contribution in [0.1, 0.15) is 52.9 Å². The van der Waals surface area contributed by atoms with Crippen molar-refractivity contribution in [1.82, 2.24) is 5.32 Å². The minimum atomic E-state index is 0.206. The SMILES string of the molecule is CCCNC(COC(C)COCC)C1CCCC1. The fraction of sp³-hybridized carbons (Fsp3) is 1.00. The van der Waals surface area contributed by atoms with Crippen LogP contribution < -0.4 is 5.32 Å². The van der Waals surface area contributed by atoms with Crippen molar-refractivity contribution in [3.05, 3.63) is 0 Å². The van der Waals surface area contributed by atoms with Gasteiger partial charge in [0.05, 0.1) is 19.3 Å². The predicted octanol–water partition coefficient (Wildman–Crippen LogP) is 2.99. The molecule has 3 heteroatoms. The van der Waals surface area contributed by atoms with Gasteiger partial charge in [0.15, 0.2) is 0 Å². The van der Waals surface area contributed by atoms with Gasteiger partial charge in [0, 0.05) is 12.6 Å². The van der Waals surface area contributed by atoms with E-state index in [9.17, 15) is 0 Å². The van der Waals surface area contributed by atoms with Crippen molar-refractivity contribution in [2.24, 2.45) is 5.92 Å². The average molecular weight is 257 g/mol. The first-order valence-corrected chi connectivity index (χ1v) is 7.70.